The molecule has 0 unspecified atom stereocenters. The van der Waals surface area contributed by atoms with Crippen LogP contribution >= 0.6 is 0 Å². The van der Waals surface area contributed by atoms with Crippen molar-refractivity contribution in [3.8, 4) is 5.75 Å². The van der Waals surface area contributed by atoms with Crippen LogP contribution in [0.3, 0.4) is 0 Å². The second-order valence-electron chi connectivity index (χ2n) is 6.12. The molecule has 2 aromatic rings. The Labute approximate surface area is 155 Å². The molecule has 8 nitrogen and oxygen atoms in total. The van der Waals surface area contributed by atoms with Gasteiger partial charge in [0.25, 0.3) is 5.56 Å². The maximum Gasteiger partial charge on any atom is 0.338 e. The normalized spacial score (nSPS) is 18.9. The molecule has 0 radical (unpaired) electrons. The largest absolute Gasteiger partial charge is 0.497 e. The van der Waals surface area contributed by atoms with Gasteiger partial charge in [0.05, 0.1) is 18.8 Å². The molecular weight excluding hydrogens is 352 g/mol. The summed E-state index contributed by atoms with van der Waals surface area (Å²) >= 11 is 0. The molecule has 0 spiro atoms. The summed E-state index contributed by atoms with van der Waals surface area (Å²) in [7, 11) is 1.55. The van der Waals surface area contributed by atoms with Crippen molar-refractivity contribution in [2.75, 3.05) is 13.7 Å². The van der Waals surface area contributed by atoms with Crippen molar-refractivity contribution < 1.29 is 19.0 Å². The van der Waals surface area contributed by atoms with Gasteiger partial charge in [-0.1, -0.05) is 6.08 Å². The van der Waals surface area contributed by atoms with E-state index >= 15 is 0 Å². The zero-order chi connectivity index (χ0) is 19.4. The van der Waals surface area contributed by atoms with Crippen LogP contribution in [0.25, 0.3) is 0 Å². The maximum atomic E-state index is 12.1. The monoisotopic (exact) mass is 372 g/mol. The van der Waals surface area contributed by atoms with E-state index in [0.29, 0.717) is 23.3 Å². The van der Waals surface area contributed by atoms with Gasteiger partial charge < -0.3 is 14.2 Å². The number of esters is 1. The minimum atomic E-state index is -0.675. The lowest BCUT2D eigenvalue weighted by atomic mass is 10.2. The summed E-state index contributed by atoms with van der Waals surface area (Å²) < 4.78 is 17.5. The first-order valence-corrected chi connectivity index (χ1v) is 8.43. The molecule has 8 heteroatoms. The second kappa shape index (κ2) is 8.05. The number of nitrogens with zero attached hydrogens (tertiary/aromatic N) is 1. The number of benzene rings is 1. The van der Waals surface area contributed by atoms with E-state index in [-0.39, 0.29) is 6.61 Å². The highest BCUT2D eigenvalue weighted by Crippen LogP contribution is 2.20. The van der Waals surface area contributed by atoms with Crippen LogP contribution in [0.1, 0.15) is 28.6 Å². The first-order valence-electron chi connectivity index (χ1n) is 8.43. The average molecular weight is 372 g/mol. The number of aromatic amines is 1. The Morgan fingerprint density at radius 1 is 1.30 bits per heavy atom. The zero-order valence-electron chi connectivity index (χ0n) is 15.0. The SMILES string of the molecule is COc1ccc(C(=O)OC[C@@H]2CC=C[C@@H](n3cc(C)c(=O)[nH]c3=O)O2)cc1. The summed E-state index contributed by atoms with van der Waals surface area (Å²) in [4.78, 5) is 37.9. The fourth-order valence-electron chi connectivity index (χ4n) is 2.66. The van der Waals surface area contributed by atoms with Gasteiger partial charge in [-0.2, -0.15) is 0 Å². The summed E-state index contributed by atoms with van der Waals surface area (Å²) in [6, 6.07) is 6.59. The van der Waals surface area contributed by atoms with Crippen molar-refractivity contribution in [1.29, 1.82) is 0 Å². The van der Waals surface area contributed by atoms with Crippen molar-refractivity contribution in [3.63, 3.8) is 0 Å². The van der Waals surface area contributed by atoms with Gasteiger partial charge in [-0.3, -0.25) is 14.3 Å². The van der Waals surface area contributed by atoms with E-state index in [2.05, 4.69) is 4.98 Å². The number of rotatable bonds is 5. The van der Waals surface area contributed by atoms with Gasteiger partial charge in [-0.05, 0) is 43.7 Å². The first-order chi connectivity index (χ1) is 13.0. The Hall–Kier alpha value is -3.13. The van der Waals surface area contributed by atoms with E-state index in [1.807, 2.05) is 6.08 Å². The van der Waals surface area contributed by atoms with E-state index < -0.39 is 29.6 Å². The Balaban J connectivity index is 1.63. The molecule has 0 saturated carbocycles. The quantitative estimate of drug-likeness (QED) is 0.632. The number of carbonyl (C=O) groups is 1. The lowest BCUT2D eigenvalue weighted by Gasteiger charge is -2.26. The number of hydrogen-bond acceptors (Lipinski definition) is 6. The molecule has 0 saturated heterocycles. The van der Waals surface area contributed by atoms with Gasteiger partial charge in [0.2, 0.25) is 0 Å². The topological polar surface area (TPSA) is 99.6 Å². The van der Waals surface area contributed by atoms with Gasteiger partial charge in [-0.15, -0.1) is 0 Å². The van der Waals surface area contributed by atoms with E-state index in [1.165, 1.54) is 10.8 Å². The number of nitrogens with one attached hydrogen (secondary N) is 1. The lowest BCUT2D eigenvalue weighted by molar-refractivity contribution is -0.0639. The summed E-state index contributed by atoms with van der Waals surface area (Å²) in [6.07, 6.45) is 4.49. The Morgan fingerprint density at radius 3 is 2.74 bits per heavy atom. The Bertz CT molecular complexity index is 957. The summed E-state index contributed by atoms with van der Waals surface area (Å²) in [5.74, 6) is 0.182. The maximum absolute atomic E-state index is 12.1. The van der Waals surface area contributed by atoms with Crippen LogP contribution in [0.5, 0.6) is 5.75 Å². The Morgan fingerprint density at radius 2 is 2.04 bits per heavy atom. The second-order valence-corrected chi connectivity index (χ2v) is 6.12. The molecule has 2 heterocycles. The summed E-state index contributed by atoms with van der Waals surface area (Å²) in [6.45, 7) is 1.65. The number of aromatic nitrogens is 2. The smallest absolute Gasteiger partial charge is 0.338 e. The Kier molecular flexibility index (Phi) is 5.56. The third-order valence-electron chi connectivity index (χ3n) is 4.18. The number of aryl methyl sites for hydroxylation is 1. The van der Waals surface area contributed by atoms with Crippen LogP contribution in [-0.4, -0.2) is 35.3 Å². The van der Waals surface area contributed by atoms with Gasteiger partial charge in [0, 0.05) is 11.8 Å². The fraction of sp³-hybridized carbons (Fsp3) is 0.316. The predicted molar refractivity (Wildman–Crippen MR) is 97.0 cm³/mol. The van der Waals surface area contributed by atoms with Crippen molar-refractivity contribution in [1.82, 2.24) is 9.55 Å². The highest BCUT2D eigenvalue weighted by Gasteiger charge is 2.22. The van der Waals surface area contributed by atoms with Crippen LogP contribution in [0, 0.1) is 6.92 Å². The molecule has 142 valence electrons. The number of carbonyl (C=O) groups excluding carboxylic acids is 1. The summed E-state index contributed by atoms with van der Waals surface area (Å²) in [5.41, 5.74) is -0.178. The van der Waals surface area contributed by atoms with Crippen LogP contribution in [0.2, 0.25) is 0 Å². The van der Waals surface area contributed by atoms with E-state index in [0.717, 1.165) is 0 Å². The average Bonchev–Trinajstić information content (AvgIpc) is 2.69. The molecule has 2 atom stereocenters. The van der Waals surface area contributed by atoms with Crippen molar-refractivity contribution in [3.05, 3.63) is 74.6 Å². The third-order valence-corrected chi connectivity index (χ3v) is 4.18. The van der Waals surface area contributed by atoms with Gasteiger partial charge in [0.15, 0.2) is 6.23 Å². The fourth-order valence-corrected chi connectivity index (χ4v) is 2.66. The molecule has 27 heavy (non-hydrogen) atoms. The number of ether oxygens (including phenoxy) is 3. The van der Waals surface area contributed by atoms with E-state index in [9.17, 15) is 14.4 Å². The van der Waals surface area contributed by atoms with E-state index in [4.69, 9.17) is 14.2 Å². The first kappa shape index (κ1) is 18.7. The minimum Gasteiger partial charge on any atom is -0.497 e. The van der Waals surface area contributed by atoms with Crippen molar-refractivity contribution in [2.24, 2.45) is 0 Å². The third kappa shape index (κ3) is 4.35. The number of H-pyrrole nitrogens is 1. The molecule has 1 N–H and O–H groups in total. The zero-order valence-corrected chi connectivity index (χ0v) is 15.0. The highest BCUT2D eigenvalue weighted by atomic mass is 16.6. The van der Waals surface area contributed by atoms with Gasteiger partial charge >= 0.3 is 11.7 Å². The standard InChI is InChI=1S/C19H20N2O6/c1-12-10-21(19(24)20-17(12)22)16-5-3-4-15(27-16)11-26-18(23)13-6-8-14(25-2)9-7-13/h3,5-10,15-16H,4,11H2,1-2H3,(H,20,22,24)/t15-,16-/m0/s1. The number of hydrogen-bond donors (Lipinski definition) is 1. The highest BCUT2D eigenvalue weighted by molar-refractivity contribution is 5.89. The van der Waals surface area contributed by atoms with Crippen LogP contribution in [0.4, 0.5) is 0 Å². The van der Waals surface area contributed by atoms with Crippen LogP contribution in [0.15, 0.2) is 52.2 Å². The molecular formula is C19H20N2O6. The molecule has 1 aliphatic rings. The molecule has 0 fully saturated rings. The van der Waals surface area contributed by atoms with Crippen LogP contribution in [-0.2, 0) is 9.47 Å². The molecule has 0 aliphatic carbocycles. The van der Waals surface area contributed by atoms with Crippen molar-refractivity contribution in [2.45, 2.75) is 25.7 Å². The van der Waals surface area contributed by atoms with Crippen LogP contribution < -0.4 is 16.0 Å². The van der Waals surface area contributed by atoms with E-state index in [1.54, 1.807) is 44.4 Å². The predicted octanol–water partition coefficient (Wildman–Crippen LogP) is 1.55. The molecule has 0 amide bonds. The lowest BCUT2D eigenvalue weighted by Crippen LogP contribution is -2.37. The van der Waals surface area contributed by atoms with Gasteiger partial charge in [-0.25, -0.2) is 9.59 Å². The van der Waals surface area contributed by atoms with Gasteiger partial charge in [0.1, 0.15) is 12.4 Å². The minimum absolute atomic E-state index is 0.0444. The summed E-state index contributed by atoms with van der Waals surface area (Å²) in [5, 5.41) is 0. The molecule has 1 aromatic heterocycles. The molecule has 1 aliphatic heterocycles. The molecule has 0 bridgehead atoms. The number of methoxy groups -OCH3 is 1. The van der Waals surface area contributed by atoms with Crippen molar-refractivity contribution >= 4 is 5.97 Å². The molecule has 3 rings (SSSR count). The molecule has 1 aromatic carbocycles.